The Bertz CT molecular complexity index is 495. The third-order valence-electron chi connectivity index (χ3n) is 3.07. The second-order valence-electron chi connectivity index (χ2n) is 4.50. The molecular formula is C15H18N2. The molecule has 0 aliphatic heterocycles. The molecule has 0 heterocycles. The van der Waals surface area contributed by atoms with E-state index < -0.39 is 0 Å². The van der Waals surface area contributed by atoms with Gasteiger partial charge in [-0.05, 0) is 61.7 Å². The molecule has 88 valence electrons. The van der Waals surface area contributed by atoms with E-state index in [1.807, 2.05) is 25.1 Å². The van der Waals surface area contributed by atoms with Gasteiger partial charge in [0.25, 0.3) is 0 Å². The highest BCUT2D eigenvalue weighted by Crippen LogP contribution is 2.22. The first kappa shape index (κ1) is 11.5. The molecule has 17 heavy (non-hydrogen) atoms. The summed E-state index contributed by atoms with van der Waals surface area (Å²) in [6.07, 6.45) is 0. The molecule has 0 aliphatic rings. The molecule has 0 unspecified atom stereocenters. The topological polar surface area (TPSA) is 38.0 Å². The summed E-state index contributed by atoms with van der Waals surface area (Å²) in [6.45, 7) is 6.24. The minimum Gasteiger partial charge on any atom is -0.398 e. The Morgan fingerprint density at radius 3 is 1.94 bits per heavy atom. The second-order valence-corrected chi connectivity index (χ2v) is 4.50. The fourth-order valence-corrected chi connectivity index (χ4v) is 1.70. The van der Waals surface area contributed by atoms with Crippen LogP contribution in [0, 0.1) is 20.8 Å². The Morgan fingerprint density at radius 2 is 1.35 bits per heavy atom. The normalized spacial score (nSPS) is 10.3. The van der Waals surface area contributed by atoms with Crippen molar-refractivity contribution in [3.8, 4) is 0 Å². The summed E-state index contributed by atoms with van der Waals surface area (Å²) in [7, 11) is 0. The van der Waals surface area contributed by atoms with E-state index in [-0.39, 0.29) is 0 Å². The highest BCUT2D eigenvalue weighted by Gasteiger charge is 1.99. The first-order valence-corrected chi connectivity index (χ1v) is 5.76. The Labute approximate surface area is 102 Å². The quantitative estimate of drug-likeness (QED) is 0.761. The molecule has 3 N–H and O–H groups in total. The van der Waals surface area contributed by atoms with Crippen molar-refractivity contribution in [1.29, 1.82) is 0 Å². The predicted octanol–water partition coefficient (Wildman–Crippen LogP) is 3.94. The zero-order valence-electron chi connectivity index (χ0n) is 10.5. The van der Waals surface area contributed by atoms with Gasteiger partial charge in [0.1, 0.15) is 0 Å². The van der Waals surface area contributed by atoms with Gasteiger partial charge >= 0.3 is 0 Å². The molecule has 0 radical (unpaired) electrons. The lowest BCUT2D eigenvalue weighted by Gasteiger charge is -2.10. The Balaban J connectivity index is 2.25. The zero-order valence-corrected chi connectivity index (χ0v) is 10.5. The molecule has 0 atom stereocenters. The van der Waals surface area contributed by atoms with Crippen molar-refractivity contribution in [3.63, 3.8) is 0 Å². The summed E-state index contributed by atoms with van der Waals surface area (Å²) >= 11 is 0. The van der Waals surface area contributed by atoms with Crippen LogP contribution >= 0.6 is 0 Å². The second kappa shape index (κ2) is 4.50. The molecule has 2 rings (SSSR count). The van der Waals surface area contributed by atoms with E-state index in [1.54, 1.807) is 0 Å². The molecule has 0 aromatic heterocycles. The highest BCUT2D eigenvalue weighted by atomic mass is 14.9. The van der Waals surface area contributed by atoms with E-state index in [2.05, 4.69) is 37.4 Å². The summed E-state index contributed by atoms with van der Waals surface area (Å²) in [5, 5.41) is 3.36. The first-order valence-electron chi connectivity index (χ1n) is 5.76. The van der Waals surface area contributed by atoms with Crippen molar-refractivity contribution in [2.75, 3.05) is 11.1 Å². The maximum atomic E-state index is 5.89. The van der Waals surface area contributed by atoms with E-state index in [4.69, 9.17) is 5.73 Å². The van der Waals surface area contributed by atoms with Gasteiger partial charge in [0.2, 0.25) is 0 Å². The predicted molar refractivity (Wildman–Crippen MR) is 74.8 cm³/mol. The Kier molecular flexibility index (Phi) is 3.05. The number of benzene rings is 2. The lowest BCUT2D eigenvalue weighted by Crippen LogP contribution is -1.95. The number of nitrogens with one attached hydrogen (secondary N) is 1. The molecule has 0 fully saturated rings. The molecule has 0 saturated carbocycles. The van der Waals surface area contributed by atoms with E-state index in [0.29, 0.717) is 0 Å². The van der Waals surface area contributed by atoms with Gasteiger partial charge in [0.05, 0.1) is 0 Å². The van der Waals surface area contributed by atoms with Crippen LogP contribution in [0.25, 0.3) is 0 Å². The maximum Gasteiger partial charge on any atom is 0.0405 e. The van der Waals surface area contributed by atoms with Gasteiger partial charge < -0.3 is 11.1 Å². The standard InChI is InChI=1S/C15H18N2/c1-10-4-6-13(8-12(10)3)17-14-7-5-11(2)15(16)9-14/h4-9,17H,16H2,1-3H3. The van der Waals surface area contributed by atoms with Gasteiger partial charge in [-0.15, -0.1) is 0 Å². The fourth-order valence-electron chi connectivity index (χ4n) is 1.70. The van der Waals surface area contributed by atoms with Gasteiger partial charge in [-0.25, -0.2) is 0 Å². The van der Waals surface area contributed by atoms with Gasteiger partial charge in [0.15, 0.2) is 0 Å². The molecule has 2 aromatic rings. The van der Waals surface area contributed by atoms with Crippen LogP contribution in [0.15, 0.2) is 36.4 Å². The maximum absolute atomic E-state index is 5.89. The monoisotopic (exact) mass is 226 g/mol. The van der Waals surface area contributed by atoms with Crippen LogP contribution in [0.2, 0.25) is 0 Å². The third kappa shape index (κ3) is 2.59. The van der Waals surface area contributed by atoms with E-state index in [0.717, 1.165) is 22.6 Å². The van der Waals surface area contributed by atoms with Crippen molar-refractivity contribution in [2.24, 2.45) is 0 Å². The third-order valence-corrected chi connectivity index (χ3v) is 3.07. The highest BCUT2D eigenvalue weighted by molar-refractivity contribution is 5.66. The fraction of sp³-hybridized carbons (Fsp3) is 0.200. The lowest BCUT2D eigenvalue weighted by atomic mass is 10.1. The summed E-state index contributed by atoms with van der Waals surface area (Å²) in [4.78, 5) is 0. The van der Waals surface area contributed by atoms with Crippen LogP contribution in [0.3, 0.4) is 0 Å². The molecule has 2 heteroatoms. The van der Waals surface area contributed by atoms with Crippen LogP contribution in [-0.2, 0) is 0 Å². The summed E-state index contributed by atoms with van der Waals surface area (Å²) in [5.74, 6) is 0. The molecule has 2 nitrogen and oxygen atoms in total. The van der Waals surface area contributed by atoms with Gasteiger partial charge in [0, 0.05) is 17.1 Å². The number of rotatable bonds is 2. The van der Waals surface area contributed by atoms with Gasteiger partial charge in [-0.1, -0.05) is 12.1 Å². The smallest absolute Gasteiger partial charge is 0.0405 e. The SMILES string of the molecule is Cc1ccc(Nc2ccc(C)c(N)c2)cc1C. The van der Waals surface area contributed by atoms with Crippen LogP contribution < -0.4 is 11.1 Å². The molecular weight excluding hydrogens is 208 g/mol. The van der Waals surface area contributed by atoms with Crippen LogP contribution in [0.1, 0.15) is 16.7 Å². The molecule has 0 saturated heterocycles. The molecule has 2 aromatic carbocycles. The van der Waals surface area contributed by atoms with Crippen molar-refractivity contribution < 1.29 is 0 Å². The van der Waals surface area contributed by atoms with Crippen LogP contribution in [0.5, 0.6) is 0 Å². The van der Waals surface area contributed by atoms with Gasteiger partial charge in [-0.3, -0.25) is 0 Å². The van der Waals surface area contributed by atoms with Crippen LogP contribution in [0.4, 0.5) is 17.1 Å². The zero-order chi connectivity index (χ0) is 12.4. The number of hydrogen-bond donors (Lipinski definition) is 2. The van der Waals surface area contributed by atoms with Crippen molar-refractivity contribution >= 4 is 17.1 Å². The number of nitrogens with two attached hydrogens (primary N) is 1. The van der Waals surface area contributed by atoms with E-state index in [9.17, 15) is 0 Å². The molecule has 0 spiro atoms. The average molecular weight is 226 g/mol. The largest absolute Gasteiger partial charge is 0.398 e. The molecule has 0 amide bonds. The van der Waals surface area contributed by atoms with E-state index >= 15 is 0 Å². The number of hydrogen-bond acceptors (Lipinski definition) is 2. The molecule has 0 aliphatic carbocycles. The lowest BCUT2D eigenvalue weighted by molar-refractivity contribution is 1.34. The average Bonchev–Trinajstić information content (AvgIpc) is 2.29. The minimum atomic E-state index is 0.818. The number of aryl methyl sites for hydroxylation is 3. The summed E-state index contributed by atoms with van der Waals surface area (Å²) in [6, 6.07) is 12.4. The minimum absolute atomic E-state index is 0.818. The van der Waals surface area contributed by atoms with Gasteiger partial charge in [-0.2, -0.15) is 0 Å². The van der Waals surface area contributed by atoms with E-state index in [1.165, 1.54) is 11.1 Å². The van der Waals surface area contributed by atoms with Crippen LogP contribution in [-0.4, -0.2) is 0 Å². The molecule has 0 bridgehead atoms. The summed E-state index contributed by atoms with van der Waals surface area (Å²) in [5.41, 5.74) is 12.5. The number of nitrogen functional groups attached to an aromatic ring is 1. The Hall–Kier alpha value is -1.96. The summed E-state index contributed by atoms with van der Waals surface area (Å²) < 4.78 is 0. The number of anilines is 3. The Morgan fingerprint density at radius 1 is 0.765 bits per heavy atom. The van der Waals surface area contributed by atoms with Crippen molar-refractivity contribution in [2.45, 2.75) is 20.8 Å². The first-order chi connectivity index (χ1) is 8.06. The van der Waals surface area contributed by atoms with Crippen molar-refractivity contribution in [1.82, 2.24) is 0 Å². The van der Waals surface area contributed by atoms with Crippen molar-refractivity contribution in [3.05, 3.63) is 53.1 Å².